The molecule has 0 saturated carbocycles. The van der Waals surface area contributed by atoms with Gasteiger partial charge in [-0.15, -0.1) is 0 Å². The molecule has 2 aromatic rings. The Kier molecular flexibility index (Phi) is 3.69. The first-order valence-electron chi connectivity index (χ1n) is 5.78. The van der Waals surface area contributed by atoms with Crippen LogP contribution in [0.5, 0.6) is 0 Å². The van der Waals surface area contributed by atoms with Crippen molar-refractivity contribution in [2.45, 2.75) is 20.4 Å². The number of hydrogen-bond donors (Lipinski definition) is 1. The molecule has 0 aliphatic heterocycles. The molecule has 94 valence electrons. The minimum absolute atomic E-state index is 0.255. The summed E-state index contributed by atoms with van der Waals surface area (Å²) in [7, 11) is 0. The lowest BCUT2D eigenvalue weighted by Gasteiger charge is -2.13. The van der Waals surface area contributed by atoms with Gasteiger partial charge in [0.05, 0.1) is 0 Å². The molecule has 0 amide bonds. The quantitative estimate of drug-likeness (QED) is 0.862. The van der Waals surface area contributed by atoms with E-state index in [1.807, 2.05) is 26.0 Å². The maximum atomic E-state index is 13.4. The number of aryl methyl sites for hydroxylation is 2. The molecule has 0 spiro atoms. The van der Waals surface area contributed by atoms with Gasteiger partial charge in [0.1, 0.15) is 5.82 Å². The molecule has 0 radical (unpaired) electrons. The van der Waals surface area contributed by atoms with Gasteiger partial charge in [-0.25, -0.2) is 4.39 Å². The number of halogens is 2. The van der Waals surface area contributed by atoms with Crippen LogP contribution in [0, 0.1) is 19.7 Å². The average Bonchev–Trinajstić information content (AvgIpc) is 2.34. The summed E-state index contributed by atoms with van der Waals surface area (Å²) in [5, 5.41) is 0.724. The largest absolute Gasteiger partial charge is 0.326 e. The van der Waals surface area contributed by atoms with Crippen LogP contribution in [0.1, 0.15) is 16.7 Å². The lowest BCUT2D eigenvalue weighted by Crippen LogP contribution is -2.00. The van der Waals surface area contributed by atoms with Crippen molar-refractivity contribution in [1.82, 2.24) is 0 Å². The van der Waals surface area contributed by atoms with Crippen LogP contribution >= 0.6 is 11.6 Å². The molecule has 0 heterocycles. The Morgan fingerprint density at radius 3 is 2.44 bits per heavy atom. The van der Waals surface area contributed by atoms with Gasteiger partial charge in [0.15, 0.2) is 0 Å². The highest BCUT2D eigenvalue weighted by Gasteiger charge is 2.10. The summed E-state index contributed by atoms with van der Waals surface area (Å²) in [6.07, 6.45) is 0. The smallest absolute Gasteiger partial charge is 0.123 e. The predicted molar refractivity (Wildman–Crippen MR) is 74.2 cm³/mol. The second kappa shape index (κ2) is 5.09. The summed E-state index contributed by atoms with van der Waals surface area (Å²) in [4.78, 5) is 0. The monoisotopic (exact) mass is 263 g/mol. The second-order valence-electron chi connectivity index (χ2n) is 4.42. The number of nitrogens with two attached hydrogens (primary N) is 1. The summed E-state index contributed by atoms with van der Waals surface area (Å²) in [6, 6.07) is 8.57. The molecule has 0 saturated heterocycles. The zero-order chi connectivity index (χ0) is 13.3. The first-order chi connectivity index (χ1) is 8.52. The summed E-state index contributed by atoms with van der Waals surface area (Å²) < 4.78 is 13.4. The van der Waals surface area contributed by atoms with Crippen molar-refractivity contribution in [2.24, 2.45) is 5.73 Å². The van der Waals surface area contributed by atoms with Gasteiger partial charge in [0.2, 0.25) is 0 Å². The van der Waals surface area contributed by atoms with E-state index in [9.17, 15) is 4.39 Å². The fourth-order valence-corrected chi connectivity index (χ4v) is 2.27. The molecule has 0 aromatic heterocycles. The second-order valence-corrected chi connectivity index (χ2v) is 4.83. The molecule has 0 aliphatic carbocycles. The van der Waals surface area contributed by atoms with Crippen LogP contribution < -0.4 is 5.73 Å². The lowest BCUT2D eigenvalue weighted by molar-refractivity contribution is 0.627. The standard InChI is InChI=1S/C15H15ClFN/c1-9-6-15(16)10(2)5-13(9)14-7-12(17)4-3-11(14)8-18/h3-7H,8,18H2,1-2H3. The van der Waals surface area contributed by atoms with E-state index in [4.69, 9.17) is 17.3 Å². The summed E-state index contributed by atoms with van der Waals surface area (Å²) in [5.74, 6) is -0.255. The maximum Gasteiger partial charge on any atom is 0.123 e. The van der Waals surface area contributed by atoms with Crippen LogP contribution in [0.25, 0.3) is 11.1 Å². The van der Waals surface area contributed by atoms with E-state index in [-0.39, 0.29) is 5.82 Å². The van der Waals surface area contributed by atoms with Gasteiger partial charge in [-0.1, -0.05) is 17.7 Å². The molecule has 18 heavy (non-hydrogen) atoms. The predicted octanol–water partition coefficient (Wildman–Crippen LogP) is 4.22. The van der Waals surface area contributed by atoms with E-state index in [1.54, 1.807) is 6.07 Å². The maximum absolute atomic E-state index is 13.4. The molecule has 0 bridgehead atoms. The molecule has 0 atom stereocenters. The minimum Gasteiger partial charge on any atom is -0.326 e. The fraction of sp³-hybridized carbons (Fsp3) is 0.200. The first-order valence-corrected chi connectivity index (χ1v) is 6.16. The number of hydrogen-bond acceptors (Lipinski definition) is 1. The molecule has 2 aromatic carbocycles. The fourth-order valence-electron chi connectivity index (χ4n) is 2.05. The highest BCUT2D eigenvalue weighted by molar-refractivity contribution is 6.31. The molecule has 0 aliphatic rings. The van der Waals surface area contributed by atoms with Gasteiger partial charge >= 0.3 is 0 Å². The van der Waals surface area contributed by atoms with E-state index in [0.717, 1.165) is 32.8 Å². The molecule has 3 heteroatoms. The average molecular weight is 264 g/mol. The highest BCUT2D eigenvalue weighted by atomic mass is 35.5. The van der Waals surface area contributed by atoms with E-state index in [0.29, 0.717) is 6.54 Å². The van der Waals surface area contributed by atoms with Crippen LogP contribution in [-0.2, 0) is 6.54 Å². The van der Waals surface area contributed by atoms with Gasteiger partial charge in [-0.05, 0) is 65.9 Å². The van der Waals surface area contributed by atoms with Crippen LogP contribution in [0.4, 0.5) is 4.39 Å². The molecular formula is C15H15ClFN. The van der Waals surface area contributed by atoms with Crippen LogP contribution in [-0.4, -0.2) is 0 Å². The van der Waals surface area contributed by atoms with Crippen LogP contribution in [0.15, 0.2) is 30.3 Å². The molecular weight excluding hydrogens is 249 g/mol. The molecule has 2 N–H and O–H groups in total. The van der Waals surface area contributed by atoms with E-state index in [2.05, 4.69) is 0 Å². The van der Waals surface area contributed by atoms with Gasteiger partial charge in [-0.3, -0.25) is 0 Å². The van der Waals surface area contributed by atoms with Crippen LogP contribution in [0.2, 0.25) is 5.02 Å². The van der Waals surface area contributed by atoms with Gasteiger partial charge < -0.3 is 5.73 Å². The van der Waals surface area contributed by atoms with E-state index in [1.165, 1.54) is 12.1 Å². The Hall–Kier alpha value is -1.38. The van der Waals surface area contributed by atoms with Crippen molar-refractivity contribution in [3.8, 4) is 11.1 Å². The van der Waals surface area contributed by atoms with Crippen LogP contribution in [0.3, 0.4) is 0 Å². The van der Waals surface area contributed by atoms with Crippen molar-refractivity contribution in [2.75, 3.05) is 0 Å². The Balaban J connectivity index is 2.68. The number of benzene rings is 2. The Morgan fingerprint density at radius 2 is 1.78 bits per heavy atom. The van der Waals surface area contributed by atoms with Crippen molar-refractivity contribution in [3.63, 3.8) is 0 Å². The summed E-state index contributed by atoms with van der Waals surface area (Å²) >= 11 is 6.08. The lowest BCUT2D eigenvalue weighted by atomic mass is 9.94. The third-order valence-electron chi connectivity index (χ3n) is 3.09. The first kappa shape index (κ1) is 13.1. The third kappa shape index (κ3) is 2.40. The van der Waals surface area contributed by atoms with Gasteiger partial charge in [0, 0.05) is 11.6 Å². The zero-order valence-corrected chi connectivity index (χ0v) is 11.2. The molecule has 0 unspecified atom stereocenters. The van der Waals surface area contributed by atoms with Crippen molar-refractivity contribution in [3.05, 3.63) is 57.9 Å². The van der Waals surface area contributed by atoms with Gasteiger partial charge in [0.25, 0.3) is 0 Å². The Morgan fingerprint density at radius 1 is 1.06 bits per heavy atom. The zero-order valence-electron chi connectivity index (χ0n) is 10.4. The summed E-state index contributed by atoms with van der Waals surface area (Å²) in [5.41, 5.74) is 10.5. The van der Waals surface area contributed by atoms with Crippen molar-refractivity contribution >= 4 is 11.6 Å². The Bertz CT molecular complexity index is 593. The van der Waals surface area contributed by atoms with Crippen molar-refractivity contribution in [1.29, 1.82) is 0 Å². The molecule has 2 rings (SSSR count). The minimum atomic E-state index is -0.255. The Labute approximate surface area is 111 Å². The van der Waals surface area contributed by atoms with E-state index < -0.39 is 0 Å². The topological polar surface area (TPSA) is 26.0 Å². The van der Waals surface area contributed by atoms with Gasteiger partial charge in [-0.2, -0.15) is 0 Å². The highest BCUT2D eigenvalue weighted by Crippen LogP contribution is 2.31. The molecule has 1 nitrogen and oxygen atoms in total. The summed E-state index contributed by atoms with van der Waals surface area (Å²) in [6.45, 7) is 4.29. The van der Waals surface area contributed by atoms with Crippen molar-refractivity contribution < 1.29 is 4.39 Å². The third-order valence-corrected chi connectivity index (χ3v) is 3.49. The SMILES string of the molecule is Cc1cc(-c2cc(F)ccc2CN)c(C)cc1Cl. The van der Waals surface area contributed by atoms with E-state index >= 15 is 0 Å². The molecule has 0 fully saturated rings. The number of rotatable bonds is 2. The normalized spacial score (nSPS) is 10.7.